The first-order chi connectivity index (χ1) is 12.3. The van der Waals surface area contributed by atoms with Gasteiger partial charge in [0.05, 0.1) is 4.90 Å². The van der Waals surface area contributed by atoms with E-state index in [-0.39, 0.29) is 10.8 Å². The normalized spacial score (nSPS) is 14.4. The van der Waals surface area contributed by atoms with Crippen LogP contribution in [-0.2, 0) is 14.8 Å². The lowest BCUT2D eigenvalue weighted by molar-refractivity contribution is -0.116. The van der Waals surface area contributed by atoms with Crippen LogP contribution in [0.4, 0.5) is 11.4 Å². The number of nitrogens with two attached hydrogens (primary N) is 1. The van der Waals surface area contributed by atoms with Gasteiger partial charge in [-0.25, -0.2) is 13.6 Å². The zero-order valence-corrected chi connectivity index (χ0v) is 14.9. The van der Waals surface area contributed by atoms with Crippen molar-refractivity contribution in [3.8, 4) is 11.5 Å². The summed E-state index contributed by atoms with van der Waals surface area (Å²) in [6, 6.07) is 10.5. The molecular weight excluding hydrogens is 358 g/mol. The number of sulfonamides is 1. The molecule has 0 unspecified atom stereocenters. The maximum atomic E-state index is 12.3. The van der Waals surface area contributed by atoms with Crippen molar-refractivity contribution < 1.29 is 22.7 Å². The van der Waals surface area contributed by atoms with Gasteiger partial charge in [0.25, 0.3) is 0 Å². The molecule has 138 valence electrons. The Morgan fingerprint density at radius 3 is 2.31 bits per heavy atom. The van der Waals surface area contributed by atoms with Crippen molar-refractivity contribution in [2.24, 2.45) is 5.14 Å². The van der Waals surface area contributed by atoms with Crippen LogP contribution >= 0.6 is 0 Å². The van der Waals surface area contributed by atoms with Crippen molar-refractivity contribution in [2.75, 3.05) is 23.8 Å². The Balaban J connectivity index is 1.63. The first-order valence-corrected chi connectivity index (χ1v) is 9.47. The van der Waals surface area contributed by atoms with Gasteiger partial charge >= 0.3 is 0 Å². The SMILES string of the molecule is C[C@@H](Nc1ccc2c(c1)OCCO2)C(=O)Nc1ccc(S(N)(=O)=O)cc1. The molecule has 0 radical (unpaired) electrons. The molecule has 0 saturated carbocycles. The van der Waals surface area contributed by atoms with E-state index in [0.29, 0.717) is 30.4 Å². The largest absolute Gasteiger partial charge is 0.486 e. The first-order valence-electron chi connectivity index (χ1n) is 7.93. The van der Waals surface area contributed by atoms with Gasteiger partial charge in [-0.05, 0) is 43.3 Å². The number of hydrogen-bond acceptors (Lipinski definition) is 6. The van der Waals surface area contributed by atoms with Crippen LogP contribution in [0.15, 0.2) is 47.4 Å². The Bertz CT molecular complexity index is 912. The number of carbonyl (C=O) groups excluding carboxylic acids is 1. The fourth-order valence-electron chi connectivity index (χ4n) is 2.43. The standard InChI is InChI=1S/C17H19N3O5S/c1-11(19-13-4-7-15-16(10-13)25-9-8-24-15)17(21)20-12-2-5-14(6-3-12)26(18,22)23/h2-7,10-11,19H,8-9H2,1H3,(H,20,21)(H2,18,22,23)/t11-/m1/s1. The zero-order valence-electron chi connectivity index (χ0n) is 14.1. The molecule has 2 aromatic rings. The molecule has 1 aliphatic heterocycles. The Hall–Kier alpha value is -2.78. The summed E-state index contributed by atoms with van der Waals surface area (Å²) >= 11 is 0. The van der Waals surface area contributed by atoms with E-state index in [1.54, 1.807) is 25.1 Å². The monoisotopic (exact) mass is 377 g/mol. The predicted molar refractivity (Wildman–Crippen MR) is 97.0 cm³/mol. The Morgan fingerprint density at radius 1 is 1.04 bits per heavy atom. The molecule has 1 heterocycles. The molecular formula is C17H19N3O5S. The van der Waals surface area contributed by atoms with E-state index in [1.165, 1.54) is 24.3 Å². The van der Waals surface area contributed by atoms with Gasteiger partial charge in [0, 0.05) is 17.4 Å². The third-order valence-corrected chi connectivity index (χ3v) is 4.70. The summed E-state index contributed by atoms with van der Waals surface area (Å²) in [6.45, 7) is 2.72. The van der Waals surface area contributed by atoms with Crippen LogP contribution < -0.4 is 25.2 Å². The molecule has 0 fully saturated rings. The number of hydrogen-bond donors (Lipinski definition) is 3. The maximum absolute atomic E-state index is 12.3. The van der Waals surface area contributed by atoms with Crippen molar-refractivity contribution in [1.82, 2.24) is 0 Å². The molecule has 0 saturated heterocycles. The molecule has 2 aromatic carbocycles. The van der Waals surface area contributed by atoms with Crippen molar-refractivity contribution in [3.05, 3.63) is 42.5 Å². The second-order valence-electron chi connectivity index (χ2n) is 5.78. The van der Waals surface area contributed by atoms with Gasteiger partial charge in [0.15, 0.2) is 11.5 Å². The Morgan fingerprint density at radius 2 is 1.65 bits per heavy atom. The highest BCUT2D eigenvalue weighted by molar-refractivity contribution is 7.89. The van der Waals surface area contributed by atoms with Gasteiger partial charge in [-0.15, -0.1) is 0 Å². The first kappa shape index (κ1) is 18.0. The molecule has 1 atom stereocenters. The summed E-state index contributed by atoms with van der Waals surface area (Å²) in [5, 5.41) is 10.8. The van der Waals surface area contributed by atoms with Crippen LogP contribution in [0.1, 0.15) is 6.92 Å². The van der Waals surface area contributed by atoms with Crippen LogP contribution in [0, 0.1) is 0 Å². The zero-order chi connectivity index (χ0) is 18.7. The van der Waals surface area contributed by atoms with E-state index >= 15 is 0 Å². The van der Waals surface area contributed by atoms with Gasteiger partial charge in [0.1, 0.15) is 19.3 Å². The molecule has 0 spiro atoms. The third kappa shape index (κ3) is 4.24. The topological polar surface area (TPSA) is 120 Å². The van der Waals surface area contributed by atoms with E-state index in [2.05, 4.69) is 10.6 Å². The van der Waals surface area contributed by atoms with Crippen LogP contribution in [0.5, 0.6) is 11.5 Å². The molecule has 3 rings (SSSR count). The Labute approximate surface area is 151 Å². The summed E-state index contributed by atoms with van der Waals surface area (Å²) in [6.07, 6.45) is 0. The fourth-order valence-corrected chi connectivity index (χ4v) is 2.94. The fraction of sp³-hybridized carbons (Fsp3) is 0.235. The number of primary sulfonamides is 1. The van der Waals surface area contributed by atoms with Crippen molar-refractivity contribution in [2.45, 2.75) is 17.9 Å². The smallest absolute Gasteiger partial charge is 0.246 e. The molecule has 1 aliphatic rings. The van der Waals surface area contributed by atoms with Gasteiger partial charge in [-0.1, -0.05) is 0 Å². The molecule has 26 heavy (non-hydrogen) atoms. The van der Waals surface area contributed by atoms with E-state index in [9.17, 15) is 13.2 Å². The summed E-state index contributed by atoms with van der Waals surface area (Å²) < 4.78 is 33.5. The van der Waals surface area contributed by atoms with Crippen LogP contribution in [0.25, 0.3) is 0 Å². The van der Waals surface area contributed by atoms with E-state index in [4.69, 9.17) is 14.6 Å². The van der Waals surface area contributed by atoms with Gasteiger partial charge in [-0.3, -0.25) is 4.79 Å². The van der Waals surface area contributed by atoms with E-state index in [1.807, 2.05) is 0 Å². The van der Waals surface area contributed by atoms with Crippen molar-refractivity contribution in [3.63, 3.8) is 0 Å². The van der Waals surface area contributed by atoms with E-state index in [0.717, 1.165) is 5.69 Å². The lowest BCUT2D eigenvalue weighted by Gasteiger charge is -2.20. The minimum absolute atomic E-state index is 0.0158. The number of fused-ring (bicyclic) bond motifs is 1. The molecule has 0 aliphatic carbocycles. The van der Waals surface area contributed by atoms with E-state index < -0.39 is 16.1 Å². The molecule has 4 N–H and O–H groups in total. The minimum atomic E-state index is -3.76. The summed E-state index contributed by atoms with van der Waals surface area (Å²) in [5.41, 5.74) is 1.19. The number of anilines is 2. The Kier molecular flexibility index (Phi) is 5.01. The number of rotatable bonds is 5. The van der Waals surface area contributed by atoms with Crippen LogP contribution in [0.2, 0.25) is 0 Å². The second kappa shape index (κ2) is 7.22. The van der Waals surface area contributed by atoms with Crippen LogP contribution in [-0.4, -0.2) is 33.6 Å². The number of benzene rings is 2. The molecule has 0 aromatic heterocycles. The lowest BCUT2D eigenvalue weighted by Crippen LogP contribution is -2.31. The van der Waals surface area contributed by atoms with Crippen LogP contribution in [0.3, 0.4) is 0 Å². The van der Waals surface area contributed by atoms with Gasteiger partial charge < -0.3 is 20.1 Å². The minimum Gasteiger partial charge on any atom is -0.486 e. The number of carbonyl (C=O) groups is 1. The molecule has 1 amide bonds. The number of amides is 1. The van der Waals surface area contributed by atoms with Gasteiger partial charge in [0.2, 0.25) is 15.9 Å². The number of ether oxygens (including phenoxy) is 2. The lowest BCUT2D eigenvalue weighted by atomic mass is 10.2. The third-order valence-electron chi connectivity index (χ3n) is 3.77. The average Bonchev–Trinajstić information content (AvgIpc) is 2.61. The van der Waals surface area contributed by atoms with Gasteiger partial charge in [-0.2, -0.15) is 0 Å². The summed E-state index contributed by atoms with van der Waals surface area (Å²) in [7, 11) is -3.76. The number of nitrogens with one attached hydrogen (secondary N) is 2. The average molecular weight is 377 g/mol. The van der Waals surface area contributed by atoms with Crippen molar-refractivity contribution in [1.29, 1.82) is 0 Å². The summed E-state index contributed by atoms with van der Waals surface area (Å²) in [4.78, 5) is 12.3. The highest BCUT2D eigenvalue weighted by Crippen LogP contribution is 2.32. The predicted octanol–water partition coefficient (Wildman–Crippen LogP) is 1.54. The quantitative estimate of drug-likeness (QED) is 0.727. The highest BCUT2D eigenvalue weighted by Gasteiger charge is 2.16. The van der Waals surface area contributed by atoms with Crippen molar-refractivity contribution >= 4 is 27.3 Å². The highest BCUT2D eigenvalue weighted by atomic mass is 32.2. The molecule has 8 nitrogen and oxygen atoms in total. The second-order valence-corrected chi connectivity index (χ2v) is 7.34. The molecule has 0 bridgehead atoms. The summed E-state index contributed by atoms with van der Waals surface area (Å²) in [5.74, 6) is 1.03. The maximum Gasteiger partial charge on any atom is 0.246 e. The molecule has 9 heteroatoms.